The lowest BCUT2D eigenvalue weighted by molar-refractivity contribution is -0.111. The van der Waals surface area contributed by atoms with Gasteiger partial charge in [0.2, 0.25) is 5.91 Å². The van der Waals surface area contributed by atoms with Gasteiger partial charge in [0.1, 0.15) is 0 Å². The predicted molar refractivity (Wildman–Crippen MR) is 73.6 cm³/mol. The van der Waals surface area contributed by atoms with E-state index in [1.807, 2.05) is 36.7 Å². The van der Waals surface area contributed by atoms with Crippen molar-refractivity contribution in [3.8, 4) is 0 Å². The molecule has 0 atom stereocenters. The van der Waals surface area contributed by atoms with E-state index in [0.29, 0.717) is 5.13 Å². The quantitative estimate of drug-likeness (QED) is 0.862. The molecule has 0 unspecified atom stereocenters. The van der Waals surface area contributed by atoms with Gasteiger partial charge in [-0.2, -0.15) is 0 Å². The van der Waals surface area contributed by atoms with Crippen molar-refractivity contribution in [2.24, 2.45) is 0 Å². The summed E-state index contributed by atoms with van der Waals surface area (Å²) in [5.41, 5.74) is 2.10. The number of thiazole rings is 1. The maximum Gasteiger partial charge on any atom is 0.250 e. The zero-order valence-corrected chi connectivity index (χ0v) is 11.2. The summed E-state index contributed by atoms with van der Waals surface area (Å²) in [5.74, 6) is -0.146. The minimum Gasteiger partial charge on any atom is -0.298 e. The number of anilines is 1. The molecular formula is C12H12N2OS2. The molecular weight excluding hydrogens is 252 g/mol. The predicted octanol–water partition coefficient (Wildman–Crippen LogP) is 3.47. The van der Waals surface area contributed by atoms with Gasteiger partial charge in [0.25, 0.3) is 0 Å². The largest absolute Gasteiger partial charge is 0.298 e. The van der Waals surface area contributed by atoms with E-state index in [1.165, 1.54) is 23.0 Å². The molecule has 0 spiro atoms. The number of amides is 1. The van der Waals surface area contributed by atoms with Crippen molar-refractivity contribution in [3.05, 3.63) is 39.0 Å². The maximum atomic E-state index is 11.6. The highest BCUT2D eigenvalue weighted by Crippen LogP contribution is 2.17. The molecule has 0 aliphatic carbocycles. The Kier molecular flexibility index (Phi) is 3.71. The molecule has 1 amide bonds. The van der Waals surface area contributed by atoms with E-state index in [4.69, 9.17) is 0 Å². The highest BCUT2D eigenvalue weighted by Gasteiger charge is 2.02. The number of aryl methyl sites for hydroxylation is 2. The highest BCUT2D eigenvalue weighted by molar-refractivity contribution is 7.14. The molecule has 3 nitrogen and oxygen atoms in total. The molecule has 2 aromatic heterocycles. The van der Waals surface area contributed by atoms with Gasteiger partial charge in [-0.3, -0.25) is 10.1 Å². The Balaban J connectivity index is 1.98. The summed E-state index contributed by atoms with van der Waals surface area (Å²) in [4.78, 5) is 16.9. The van der Waals surface area contributed by atoms with Gasteiger partial charge >= 0.3 is 0 Å². The first kappa shape index (κ1) is 12.0. The summed E-state index contributed by atoms with van der Waals surface area (Å²) in [6, 6.07) is 2.03. The minimum absolute atomic E-state index is 0.146. The van der Waals surface area contributed by atoms with Gasteiger partial charge in [-0.15, -0.1) is 22.7 Å². The standard InChI is InChI=1S/C12H12N2OS2/c1-8-5-6-16-10(8)3-4-11(15)14-12-13-9(2)7-17-12/h3-7H,1-2H3,(H,13,14,15)/b4-3+. The van der Waals surface area contributed by atoms with Crippen LogP contribution in [-0.4, -0.2) is 10.9 Å². The third-order valence-corrected chi connectivity index (χ3v) is 4.00. The Morgan fingerprint density at radius 3 is 2.82 bits per heavy atom. The number of thiophene rings is 1. The first-order chi connectivity index (χ1) is 8.15. The highest BCUT2D eigenvalue weighted by atomic mass is 32.1. The lowest BCUT2D eigenvalue weighted by Crippen LogP contribution is -2.07. The molecule has 0 fully saturated rings. The Labute approximate surface area is 108 Å². The van der Waals surface area contributed by atoms with Crippen LogP contribution in [0.15, 0.2) is 22.9 Å². The molecule has 0 saturated carbocycles. The van der Waals surface area contributed by atoms with Crippen LogP contribution >= 0.6 is 22.7 Å². The molecule has 2 heterocycles. The van der Waals surface area contributed by atoms with Crippen molar-refractivity contribution in [1.29, 1.82) is 0 Å². The van der Waals surface area contributed by atoms with E-state index in [2.05, 4.69) is 10.3 Å². The fourth-order valence-corrected chi connectivity index (χ4v) is 2.78. The Hall–Kier alpha value is -1.46. The molecule has 2 aromatic rings. The van der Waals surface area contributed by atoms with Crippen LogP contribution < -0.4 is 5.32 Å². The van der Waals surface area contributed by atoms with E-state index in [-0.39, 0.29) is 5.91 Å². The topological polar surface area (TPSA) is 42.0 Å². The van der Waals surface area contributed by atoms with Crippen LogP contribution in [0.25, 0.3) is 6.08 Å². The average Bonchev–Trinajstić information content (AvgIpc) is 2.85. The molecule has 88 valence electrons. The molecule has 2 rings (SSSR count). The summed E-state index contributed by atoms with van der Waals surface area (Å²) in [6.45, 7) is 3.93. The zero-order chi connectivity index (χ0) is 12.3. The van der Waals surface area contributed by atoms with Crippen LogP contribution in [0.2, 0.25) is 0 Å². The Morgan fingerprint density at radius 2 is 2.24 bits per heavy atom. The van der Waals surface area contributed by atoms with Crippen molar-refractivity contribution in [1.82, 2.24) is 4.98 Å². The van der Waals surface area contributed by atoms with E-state index in [9.17, 15) is 4.79 Å². The van der Waals surface area contributed by atoms with Gasteiger partial charge in [-0.1, -0.05) is 0 Å². The zero-order valence-electron chi connectivity index (χ0n) is 9.56. The minimum atomic E-state index is -0.146. The first-order valence-electron chi connectivity index (χ1n) is 5.10. The molecule has 0 aromatic carbocycles. The van der Waals surface area contributed by atoms with Gasteiger partial charge in [-0.25, -0.2) is 4.98 Å². The van der Waals surface area contributed by atoms with Crippen LogP contribution in [0.1, 0.15) is 16.1 Å². The Morgan fingerprint density at radius 1 is 1.41 bits per heavy atom. The summed E-state index contributed by atoms with van der Waals surface area (Å²) in [7, 11) is 0. The van der Waals surface area contributed by atoms with Crippen molar-refractivity contribution < 1.29 is 4.79 Å². The van der Waals surface area contributed by atoms with Crippen molar-refractivity contribution >= 4 is 39.8 Å². The number of hydrogen-bond donors (Lipinski definition) is 1. The molecule has 1 N–H and O–H groups in total. The average molecular weight is 264 g/mol. The van der Waals surface area contributed by atoms with Gasteiger partial charge in [0.15, 0.2) is 5.13 Å². The van der Waals surface area contributed by atoms with Gasteiger partial charge in [-0.05, 0) is 36.9 Å². The van der Waals surface area contributed by atoms with Gasteiger partial charge in [0, 0.05) is 16.3 Å². The maximum absolute atomic E-state index is 11.6. The molecule has 0 aliphatic rings. The smallest absolute Gasteiger partial charge is 0.250 e. The molecule has 0 bridgehead atoms. The second kappa shape index (κ2) is 5.25. The van der Waals surface area contributed by atoms with Crippen molar-refractivity contribution in [2.45, 2.75) is 13.8 Å². The molecule has 0 radical (unpaired) electrons. The number of carbonyl (C=O) groups is 1. The van der Waals surface area contributed by atoms with Crippen LogP contribution in [-0.2, 0) is 4.79 Å². The van der Waals surface area contributed by atoms with Crippen LogP contribution in [0, 0.1) is 13.8 Å². The van der Waals surface area contributed by atoms with Gasteiger partial charge in [0.05, 0.1) is 5.69 Å². The van der Waals surface area contributed by atoms with Crippen molar-refractivity contribution in [3.63, 3.8) is 0 Å². The summed E-state index contributed by atoms with van der Waals surface area (Å²) < 4.78 is 0. The fraction of sp³-hybridized carbons (Fsp3) is 0.167. The van der Waals surface area contributed by atoms with Crippen molar-refractivity contribution in [2.75, 3.05) is 5.32 Å². The number of carbonyl (C=O) groups excluding carboxylic acids is 1. The van der Waals surface area contributed by atoms with Crippen LogP contribution in [0.5, 0.6) is 0 Å². The van der Waals surface area contributed by atoms with Crippen LogP contribution in [0.4, 0.5) is 5.13 Å². The van der Waals surface area contributed by atoms with E-state index < -0.39 is 0 Å². The number of hydrogen-bond acceptors (Lipinski definition) is 4. The first-order valence-corrected chi connectivity index (χ1v) is 6.86. The molecule has 17 heavy (non-hydrogen) atoms. The number of nitrogens with one attached hydrogen (secondary N) is 1. The van der Waals surface area contributed by atoms with Gasteiger partial charge < -0.3 is 0 Å². The Bertz CT molecular complexity index is 554. The second-order valence-corrected chi connectivity index (χ2v) is 5.39. The third kappa shape index (κ3) is 3.25. The lowest BCUT2D eigenvalue weighted by atomic mass is 10.3. The van der Waals surface area contributed by atoms with E-state index in [1.54, 1.807) is 11.3 Å². The monoisotopic (exact) mass is 264 g/mol. The molecule has 0 saturated heterocycles. The van der Waals surface area contributed by atoms with E-state index >= 15 is 0 Å². The second-order valence-electron chi connectivity index (χ2n) is 3.58. The summed E-state index contributed by atoms with van der Waals surface area (Å²) in [6.07, 6.45) is 3.37. The SMILES string of the molecule is Cc1csc(NC(=O)/C=C/c2sccc2C)n1. The number of aromatic nitrogens is 1. The number of nitrogens with zero attached hydrogens (tertiary/aromatic N) is 1. The molecule has 5 heteroatoms. The van der Waals surface area contributed by atoms with Crippen LogP contribution in [0.3, 0.4) is 0 Å². The fourth-order valence-electron chi connectivity index (χ4n) is 1.27. The normalized spacial score (nSPS) is 10.9. The lowest BCUT2D eigenvalue weighted by Gasteiger charge is -1.95. The van der Waals surface area contributed by atoms with E-state index in [0.717, 1.165) is 10.6 Å². The summed E-state index contributed by atoms with van der Waals surface area (Å²) >= 11 is 3.05. The number of rotatable bonds is 3. The molecule has 0 aliphatic heterocycles. The third-order valence-electron chi connectivity index (χ3n) is 2.14. The summed E-state index contributed by atoms with van der Waals surface area (Å²) in [5, 5.41) is 7.29.